The first-order chi connectivity index (χ1) is 7.99. The van der Waals surface area contributed by atoms with Crippen LogP contribution in [-0.4, -0.2) is 26.8 Å². The van der Waals surface area contributed by atoms with E-state index in [1.807, 2.05) is 6.92 Å². The smallest absolute Gasteiger partial charge is 0.192 e. The summed E-state index contributed by atoms with van der Waals surface area (Å²) in [5, 5.41) is 0.146. The molecule has 0 aliphatic heterocycles. The van der Waals surface area contributed by atoms with Gasteiger partial charge in [-0.05, 0) is 25.1 Å². The van der Waals surface area contributed by atoms with Gasteiger partial charge < -0.3 is 9.16 Å². The molecule has 0 unspecified atom stereocenters. The number of carbonyl (C=O) groups is 1. The molecule has 0 aromatic heterocycles. The Kier molecular flexibility index (Phi) is 4.13. The van der Waals surface area contributed by atoms with E-state index < -0.39 is 13.9 Å². The van der Waals surface area contributed by atoms with Gasteiger partial charge >= 0.3 is 0 Å². The molecular formula is C14H26O3Si. The largest absolute Gasteiger partial charge is 0.501 e. The normalized spacial score (nSPS) is 25.9. The molecule has 0 amide bonds. The van der Waals surface area contributed by atoms with Gasteiger partial charge in [0.1, 0.15) is 5.76 Å². The van der Waals surface area contributed by atoms with E-state index in [9.17, 15) is 4.79 Å². The number of allylic oxidation sites excluding steroid dienone is 1. The Hall–Kier alpha value is -0.613. The van der Waals surface area contributed by atoms with Crippen LogP contribution in [-0.2, 0) is 14.0 Å². The molecule has 0 N–H and O–H groups in total. The van der Waals surface area contributed by atoms with Crippen LogP contribution in [0.5, 0.6) is 0 Å². The summed E-state index contributed by atoms with van der Waals surface area (Å²) < 4.78 is 11.7. The Morgan fingerprint density at radius 1 is 1.28 bits per heavy atom. The van der Waals surface area contributed by atoms with Gasteiger partial charge in [-0.3, -0.25) is 4.79 Å². The highest BCUT2D eigenvalue weighted by Crippen LogP contribution is 2.42. The first-order valence-electron chi connectivity index (χ1n) is 6.47. The first kappa shape index (κ1) is 15.4. The predicted molar refractivity (Wildman–Crippen MR) is 76.0 cm³/mol. The maximum Gasteiger partial charge on any atom is 0.192 e. The van der Waals surface area contributed by atoms with Crippen molar-refractivity contribution in [3.05, 3.63) is 11.8 Å². The third kappa shape index (κ3) is 3.45. The van der Waals surface area contributed by atoms with Crippen molar-refractivity contribution in [2.75, 3.05) is 7.11 Å². The number of ketones is 1. The zero-order valence-corrected chi connectivity index (χ0v) is 13.7. The molecule has 3 nitrogen and oxygen atoms in total. The summed E-state index contributed by atoms with van der Waals surface area (Å²) in [6.07, 6.45) is 2.73. The fourth-order valence-corrected chi connectivity index (χ4v) is 3.74. The van der Waals surface area contributed by atoms with Crippen LogP contribution in [0.25, 0.3) is 0 Å². The van der Waals surface area contributed by atoms with E-state index in [-0.39, 0.29) is 10.8 Å². The van der Waals surface area contributed by atoms with Crippen LogP contribution < -0.4 is 0 Å². The molecule has 0 saturated heterocycles. The molecule has 18 heavy (non-hydrogen) atoms. The Bertz CT molecular complexity index is 366. The number of rotatable bonds is 3. The summed E-state index contributed by atoms with van der Waals surface area (Å²) in [5.74, 6) is 0.826. The van der Waals surface area contributed by atoms with Gasteiger partial charge in [0.2, 0.25) is 0 Å². The molecule has 1 aliphatic carbocycles. The molecule has 0 aromatic carbocycles. The lowest BCUT2D eigenvalue weighted by atomic mass is 9.89. The minimum absolute atomic E-state index is 0.0966. The van der Waals surface area contributed by atoms with E-state index in [1.165, 1.54) is 0 Å². The van der Waals surface area contributed by atoms with Crippen LogP contribution in [0.3, 0.4) is 0 Å². The molecule has 0 radical (unpaired) electrons. The van der Waals surface area contributed by atoms with Crippen LogP contribution in [0.4, 0.5) is 0 Å². The molecule has 0 saturated carbocycles. The Morgan fingerprint density at radius 3 is 2.28 bits per heavy atom. The van der Waals surface area contributed by atoms with Crippen molar-refractivity contribution in [1.29, 1.82) is 0 Å². The monoisotopic (exact) mass is 270 g/mol. The van der Waals surface area contributed by atoms with Gasteiger partial charge in [0.05, 0.1) is 12.7 Å². The highest BCUT2D eigenvalue weighted by Gasteiger charge is 2.45. The van der Waals surface area contributed by atoms with Crippen LogP contribution >= 0.6 is 0 Å². The van der Waals surface area contributed by atoms with Gasteiger partial charge in [0.25, 0.3) is 0 Å². The molecule has 0 heterocycles. The van der Waals surface area contributed by atoms with Crippen LogP contribution in [0, 0.1) is 0 Å². The molecule has 0 fully saturated rings. The molecule has 1 aliphatic rings. The standard InChI is InChI=1S/C14H26O3Si/c1-13(2,3)18(6,7)17-14(4)9-11(15)8-12(10-14)16-5/h8H,9-10H2,1-7H3/t14-/m0/s1. The summed E-state index contributed by atoms with van der Waals surface area (Å²) in [7, 11) is -0.263. The van der Waals surface area contributed by atoms with Crippen molar-refractivity contribution in [3.63, 3.8) is 0 Å². The van der Waals surface area contributed by atoms with E-state index >= 15 is 0 Å². The molecule has 0 spiro atoms. The van der Waals surface area contributed by atoms with Crippen LogP contribution in [0.15, 0.2) is 11.8 Å². The summed E-state index contributed by atoms with van der Waals surface area (Å²) in [5.41, 5.74) is -0.416. The topological polar surface area (TPSA) is 35.5 Å². The lowest BCUT2D eigenvalue weighted by molar-refractivity contribution is -0.119. The van der Waals surface area contributed by atoms with Gasteiger partial charge in [0.15, 0.2) is 14.1 Å². The minimum atomic E-state index is -1.87. The maximum absolute atomic E-state index is 11.8. The van der Waals surface area contributed by atoms with E-state index in [0.717, 1.165) is 5.76 Å². The molecule has 104 valence electrons. The van der Waals surface area contributed by atoms with Crippen molar-refractivity contribution in [1.82, 2.24) is 0 Å². The first-order valence-corrected chi connectivity index (χ1v) is 9.37. The lowest BCUT2D eigenvalue weighted by Gasteiger charge is -2.45. The average molecular weight is 270 g/mol. The second-order valence-corrected chi connectivity index (χ2v) is 11.7. The Labute approximate surface area is 112 Å². The number of carbonyl (C=O) groups excluding carboxylic acids is 1. The third-order valence-electron chi connectivity index (χ3n) is 3.99. The number of methoxy groups -OCH3 is 1. The van der Waals surface area contributed by atoms with Crippen molar-refractivity contribution >= 4 is 14.1 Å². The van der Waals surface area contributed by atoms with Crippen LogP contribution in [0.2, 0.25) is 18.1 Å². The number of hydrogen-bond donors (Lipinski definition) is 0. The number of hydrogen-bond acceptors (Lipinski definition) is 3. The fraction of sp³-hybridized carbons (Fsp3) is 0.786. The quantitative estimate of drug-likeness (QED) is 0.734. The van der Waals surface area contributed by atoms with Gasteiger partial charge in [-0.15, -0.1) is 0 Å². The zero-order valence-electron chi connectivity index (χ0n) is 12.7. The van der Waals surface area contributed by atoms with Gasteiger partial charge in [-0.2, -0.15) is 0 Å². The molecule has 0 aromatic rings. The van der Waals surface area contributed by atoms with Crippen molar-refractivity contribution in [2.24, 2.45) is 0 Å². The summed E-state index contributed by atoms with van der Waals surface area (Å²) in [6.45, 7) is 13.1. The second-order valence-electron chi connectivity index (χ2n) is 6.95. The molecule has 1 atom stereocenters. The average Bonchev–Trinajstić information content (AvgIpc) is 2.12. The van der Waals surface area contributed by atoms with Crippen molar-refractivity contribution in [3.8, 4) is 0 Å². The van der Waals surface area contributed by atoms with E-state index in [4.69, 9.17) is 9.16 Å². The molecule has 4 heteroatoms. The number of ether oxygens (including phenoxy) is 1. The SMILES string of the molecule is COC1=CC(=O)C[C@](C)(O[Si](C)(C)C(C)(C)C)C1. The molecule has 0 bridgehead atoms. The summed E-state index contributed by atoms with van der Waals surface area (Å²) in [6, 6.07) is 0. The summed E-state index contributed by atoms with van der Waals surface area (Å²) in [4.78, 5) is 11.8. The Morgan fingerprint density at radius 2 is 1.83 bits per heavy atom. The lowest BCUT2D eigenvalue weighted by Crippen LogP contribution is -2.50. The predicted octanol–water partition coefficient (Wildman–Crippen LogP) is 3.66. The maximum atomic E-state index is 11.8. The van der Waals surface area contributed by atoms with E-state index in [0.29, 0.717) is 12.8 Å². The molecule has 1 rings (SSSR count). The highest BCUT2D eigenvalue weighted by atomic mass is 28.4. The highest BCUT2D eigenvalue weighted by molar-refractivity contribution is 6.74. The van der Waals surface area contributed by atoms with E-state index in [2.05, 4.69) is 33.9 Å². The summed E-state index contributed by atoms with van der Waals surface area (Å²) >= 11 is 0. The van der Waals surface area contributed by atoms with Gasteiger partial charge in [-0.1, -0.05) is 20.8 Å². The molecular weight excluding hydrogens is 244 g/mol. The van der Waals surface area contributed by atoms with Crippen molar-refractivity contribution in [2.45, 2.75) is 64.3 Å². The van der Waals surface area contributed by atoms with E-state index in [1.54, 1.807) is 13.2 Å². The Balaban J connectivity index is 2.90. The van der Waals surface area contributed by atoms with Crippen LogP contribution in [0.1, 0.15) is 40.5 Å². The minimum Gasteiger partial charge on any atom is -0.501 e. The van der Waals surface area contributed by atoms with Gasteiger partial charge in [-0.25, -0.2) is 0 Å². The van der Waals surface area contributed by atoms with Gasteiger partial charge in [0, 0.05) is 18.9 Å². The van der Waals surface area contributed by atoms with Crippen molar-refractivity contribution < 1.29 is 14.0 Å². The zero-order chi connectivity index (χ0) is 14.2. The second kappa shape index (κ2) is 4.81. The third-order valence-corrected chi connectivity index (χ3v) is 8.60. The fourth-order valence-electron chi connectivity index (χ4n) is 2.05.